The second kappa shape index (κ2) is 7.75. The van der Waals surface area contributed by atoms with Crippen LogP contribution in [0.3, 0.4) is 0 Å². The van der Waals surface area contributed by atoms with Crippen molar-refractivity contribution in [1.29, 1.82) is 5.26 Å². The minimum absolute atomic E-state index is 0.0603. The van der Waals surface area contributed by atoms with Crippen molar-refractivity contribution in [2.75, 3.05) is 18.0 Å². The van der Waals surface area contributed by atoms with Gasteiger partial charge in [0.1, 0.15) is 29.1 Å². The number of nitrogens with zero attached hydrogens (tertiary/aromatic N) is 4. The van der Waals surface area contributed by atoms with Gasteiger partial charge in [-0.2, -0.15) is 5.26 Å². The van der Waals surface area contributed by atoms with Gasteiger partial charge in [0.25, 0.3) is 5.56 Å². The highest BCUT2D eigenvalue weighted by Crippen LogP contribution is 2.30. The molecule has 0 saturated carbocycles. The Balaban J connectivity index is 1.60. The van der Waals surface area contributed by atoms with Crippen LogP contribution in [0.15, 0.2) is 41.2 Å². The largest absolute Gasteiger partial charge is 0.490 e. The summed E-state index contributed by atoms with van der Waals surface area (Å²) in [6.45, 7) is 3.20. The maximum atomic E-state index is 13.5. The second-order valence-corrected chi connectivity index (χ2v) is 7.55. The van der Waals surface area contributed by atoms with Gasteiger partial charge in [-0.3, -0.25) is 4.79 Å². The van der Waals surface area contributed by atoms with Gasteiger partial charge < -0.3 is 14.2 Å². The van der Waals surface area contributed by atoms with Crippen molar-refractivity contribution in [3.05, 3.63) is 64.1 Å². The Morgan fingerprint density at radius 3 is 2.70 bits per heavy atom. The summed E-state index contributed by atoms with van der Waals surface area (Å²) in [5.74, 6) is -1.50. The number of fused-ring (bicyclic) bond motifs is 1. The van der Waals surface area contributed by atoms with E-state index >= 15 is 0 Å². The first-order chi connectivity index (χ1) is 14.4. The first kappa shape index (κ1) is 19.8. The fourth-order valence-corrected chi connectivity index (χ4v) is 3.86. The van der Waals surface area contributed by atoms with Crippen LogP contribution in [0.4, 0.5) is 14.5 Å². The van der Waals surface area contributed by atoms with E-state index in [1.165, 1.54) is 10.6 Å². The van der Waals surface area contributed by atoms with E-state index in [0.29, 0.717) is 42.0 Å². The Labute approximate surface area is 171 Å². The third kappa shape index (κ3) is 3.59. The van der Waals surface area contributed by atoms with Crippen LogP contribution in [0.2, 0.25) is 0 Å². The van der Waals surface area contributed by atoms with Crippen LogP contribution in [0.5, 0.6) is 5.75 Å². The molecule has 1 aromatic carbocycles. The minimum atomic E-state index is -0.941. The van der Waals surface area contributed by atoms with Crippen molar-refractivity contribution in [2.45, 2.75) is 19.4 Å². The molecule has 0 unspecified atom stereocenters. The van der Waals surface area contributed by atoms with Crippen molar-refractivity contribution < 1.29 is 13.5 Å². The molecule has 0 bridgehead atoms. The van der Waals surface area contributed by atoms with E-state index in [1.54, 1.807) is 25.2 Å². The number of pyridine rings is 2. The van der Waals surface area contributed by atoms with Gasteiger partial charge in [0.2, 0.25) is 0 Å². The number of hydrogen-bond donors (Lipinski definition) is 0. The highest BCUT2D eigenvalue weighted by Gasteiger charge is 2.29. The summed E-state index contributed by atoms with van der Waals surface area (Å²) in [6, 6.07) is 10.4. The van der Waals surface area contributed by atoms with Gasteiger partial charge in [-0.05, 0) is 24.3 Å². The molecule has 0 aliphatic carbocycles. The molecular weight excluding hydrogens is 390 g/mol. The van der Waals surface area contributed by atoms with Gasteiger partial charge in [0, 0.05) is 44.6 Å². The third-order valence-corrected chi connectivity index (χ3v) is 5.53. The monoisotopic (exact) mass is 410 g/mol. The number of benzene rings is 1. The van der Waals surface area contributed by atoms with Gasteiger partial charge >= 0.3 is 0 Å². The summed E-state index contributed by atoms with van der Waals surface area (Å²) in [7, 11) is 1.67. The summed E-state index contributed by atoms with van der Waals surface area (Å²) in [5, 5.41) is 9.21. The molecule has 2 aromatic heterocycles. The maximum absolute atomic E-state index is 13.5. The topological polar surface area (TPSA) is 71.2 Å². The zero-order valence-electron chi connectivity index (χ0n) is 16.6. The van der Waals surface area contributed by atoms with Crippen molar-refractivity contribution in [3.63, 3.8) is 0 Å². The average molecular weight is 410 g/mol. The second-order valence-electron chi connectivity index (χ2n) is 7.55. The number of rotatable bonds is 3. The maximum Gasteiger partial charge on any atom is 0.252 e. The van der Waals surface area contributed by atoms with Gasteiger partial charge in [-0.1, -0.05) is 6.92 Å². The molecule has 0 spiro atoms. The van der Waals surface area contributed by atoms with Gasteiger partial charge in [0.15, 0.2) is 11.6 Å². The molecular formula is C22H20F2N4O2. The number of nitriles is 1. The van der Waals surface area contributed by atoms with E-state index in [0.717, 1.165) is 12.1 Å². The molecule has 6 nitrogen and oxygen atoms in total. The molecule has 2 atom stereocenters. The van der Waals surface area contributed by atoms with Gasteiger partial charge in [0.05, 0.1) is 11.2 Å². The number of hydrogen-bond acceptors (Lipinski definition) is 5. The molecule has 30 heavy (non-hydrogen) atoms. The number of piperidine rings is 1. The van der Waals surface area contributed by atoms with Crippen LogP contribution < -0.4 is 15.2 Å². The highest BCUT2D eigenvalue weighted by atomic mass is 19.2. The van der Waals surface area contributed by atoms with Gasteiger partial charge in [-0.15, -0.1) is 0 Å². The molecule has 0 N–H and O–H groups in total. The Morgan fingerprint density at radius 2 is 2.00 bits per heavy atom. The molecule has 8 heteroatoms. The lowest BCUT2D eigenvalue weighted by Gasteiger charge is -2.38. The molecule has 4 rings (SSSR count). The standard InChI is InChI=1S/C22H20F2N4O2/c1-13-12-28(8-7-20(13)30-15-4-5-16(23)17(24)9-15)19-10-21(29)27(2)18-6-3-14(11-25)26-22(18)19/h3-6,9-10,13,20H,7-8,12H2,1-2H3/t13-,20-/m0/s1. The lowest BCUT2D eigenvalue weighted by molar-refractivity contribution is 0.121. The number of aromatic nitrogens is 2. The Hall–Kier alpha value is -3.47. The smallest absolute Gasteiger partial charge is 0.252 e. The molecule has 3 heterocycles. The highest BCUT2D eigenvalue weighted by molar-refractivity contribution is 5.88. The Bertz CT molecular complexity index is 1220. The van der Waals surface area contributed by atoms with Crippen molar-refractivity contribution in [2.24, 2.45) is 13.0 Å². The number of ether oxygens (including phenoxy) is 1. The van der Waals surface area contributed by atoms with Crippen LogP contribution >= 0.6 is 0 Å². The fourth-order valence-electron chi connectivity index (χ4n) is 3.86. The van der Waals surface area contributed by atoms with E-state index in [9.17, 15) is 18.8 Å². The lowest BCUT2D eigenvalue weighted by Crippen LogP contribution is -2.45. The van der Waals surface area contributed by atoms with Crippen LogP contribution in [0, 0.1) is 28.9 Å². The van der Waals surface area contributed by atoms with Crippen molar-refractivity contribution in [1.82, 2.24) is 9.55 Å². The summed E-state index contributed by atoms with van der Waals surface area (Å²) in [5.41, 5.74) is 2.07. The number of halogens is 2. The first-order valence-corrected chi connectivity index (χ1v) is 9.65. The fraction of sp³-hybridized carbons (Fsp3) is 0.318. The summed E-state index contributed by atoms with van der Waals surface area (Å²) in [4.78, 5) is 18.9. The number of anilines is 1. The number of aryl methyl sites for hydroxylation is 1. The third-order valence-electron chi connectivity index (χ3n) is 5.53. The van der Waals surface area contributed by atoms with Crippen molar-refractivity contribution >= 4 is 16.7 Å². The quantitative estimate of drug-likeness (QED) is 0.662. The predicted molar refractivity (Wildman–Crippen MR) is 108 cm³/mol. The lowest BCUT2D eigenvalue weighted by atomic mass is 9.95. The summed E-state index contributed by atoms with van der Waals surface area (Å²) >= 11 is 0. The Kier molecular flexibility index (Phi) is 5.12. The average Bonchev–Trinajstić information content (AvgIpc) is 2.74. The zero-order valence-corrected chi connectivity index (χ0v) is 16.6. The van der Waals surface area contributed by atoms with E-state index in [-0.39, 0.29) is 23.3 Å². The zero-order chi connectivity index (χ0) is 21.4. The van der Waals surface area contributed by atoms with E-state index in [4.69, 9.17) is 4.74 Å². The SMILES string of the molecule is C[C@H]1CN(c2cc(=O)n(C)c3ccc(C#N)nc23)CC[C@@H]1Oc1ccc(F)c(F)c1. The Morgan fingerprint density at radius 1 is 1.20 bits per heavy atom. The minimum Gasteiger partial charge on any atom is -0.490 e. The molecule has 1 aliphatic heterocycles. The normalized spacial score (nSPS) is 19.0. The van der Waals surface area contributed by atoms with Crippen LogP contribution in [0.25, 0.3) is 11.0 Å². The molecule has 1 aliphatic rings. The van der Waals surface area contributed by atoms with Crippen LogP contribution in [-0.4, -0.2) is 28.7 Å². The van der Waals surface area contributed by atoms with Crippen LogP contribution in [0.1, 0.15) is 19.0 Å². The van der Waals surface area contributed by atoms with E-state index in [2.05, 4.69) is 9.88 Å². The molecule has 1 saturated heterocycles. The predicted octanol–water partition coefficient (Wildman–Crippen LogP) is 3.38. The van der Waals surface area contributed by atoms with Crippen LogP contribution in [-0.2, 0) is 7.05 Å². The summed E-state index contributed by atoms with van der Waals surface area (Å²) < 4.78 is 34.0. The first-order valence-electron chi connectivity index (χ1n) is 9.65. The molecule has 1 fully saturated rings. The van der Waals surface area contributed by atoms with Crippen molar-refractivity contribution in [3.8, 4) is 11.8 Å². The molecule has 0 amide bonds. The van der Waals surface area contributed by atoms with E-state index in [1.807, 2.05) is 13.0 Å². The summed E-state index contributed by atoms with van der Waals surface area (Å²) in [6.07, 6.45) is 0.459. The molecule has 0 radical (unpaired) electrons. The molecule has 154 valence electrons. The van der Waals surface area contributed by atoms with E-state index < -0.39 is 11.6 Å². The molecule has 3 aromatic rings. The van der Waals surface area contributed by atoms with Gasteiger partial charge in [-0.25, -0.2) is 13.8 Å².